The maximum Gasteiger partial charge on any atom is 0.264 e. The Labute approximate surface area is 243 Å². The van der Waals surface area contributed by atoms with Gasteiger partial charge in [0.2, 0.25) is 11.8 Å². The lowest BCUT2D eigenvalue weighted by molar-refractivity contribution is -0.139. The normalized spacial score (nSPS) is 12.0. The average molecular weight is 582 g/mol. The monoisotopic (exact) mass is 581 g/mol. The molecule has 0 unspecified atom stereocenters. The van der Waals surface area contributed by atoms with Crippen LogP contribution in [0.4, 0.5) is 5.69 Å². The van der Waals surface area contributed by atoms with Gasteiger partial charge >= 0.3 is 0 Å². The van der Waals surface area contributed by atoms with Gasteiger partial charge in [-0.25, -0.2) is 8.42 Å². The molecule has 3 aromatic carbocycles. The maximum absolute atomic E-state index is 14.1. The van der Waals surface area contributed by atoms with E-state index in [1.54, 1.807) is 31.2 Å². The van der Waals surface area contributed by atoms with E-state index in [-0.39, 0.29) is 29.1 Å². The molecular formula is C31H39N3O6S. The van der Waals surface area contributed by atoms with Crippen LogP contribution in [-0.2, 0) is 26.2 Å². The van der Waals surface area contributed by atoms with E-state index in [0.717, 1.165) is 21.0 Å². The largest absolute Gasteiger partial charge is 0.493 e. The first-order valence-electron chi connectivity index (χ1n) is 13.3. The molecule has 0 saturated carbocycles. The van der Waals surface area contributed by atoms with Gasteiger partial charge in [-0.15, -0.1) is 0 Å². The lowest BCUT2D eigenvalue weighted by atomic mass is 10.1. The third-order valence-electron chi connectivity index (χ3n) is 6.74. The smallest absolute Gasteiger partial charge is 0.264 e. The number of carbonyl (C=O) groups excluding carboxylic acids is 2. The second-order valence-electron chi connectivity index (χ2n) is 10.2. The number of ether oxygens (including phenoxy) is 2. The van der Waals surface area contributed by atoms with Gasteiger partial charge in [0.15, 0.2) is 11.5 Å². The number of anilines is 1. The van der Waals surface area contributed by atoms with Crippen molar-refractivity contribution < 1.29 is 27.5 Å². The second-order valence-corrected chi connectivity index (χ2v) is 12.0. The van der Waals surface area contributed by atoms with Crippen LogP contribution in [0.3, 0.4) is 0 Å². The van der Waals surface area contributed by atoms with E-state index < -0.39 is 28.5 Å². The van der Waals surface area contributed by atoms with E-state index in [2.05, 4.69) is 5.32 Å². The molecule has 220 valence electrons. The third kappa shape index (κ3) is 7.58. The van der Waals surface area contributed by atoms with Crippen molar-refractivity contribution in [3.05, 3.63) is 83.4 Å². The van der Waals surface area contributed by atoms with Crippen LogP contribution in [0.5, 0.6) is 11.5 Å². The fourth-order valence-electron chi connectivity index (χ4n) is 4.30. The van der Waals surface area contributed by atoms with Crippen LogP contribution in [-0.4, -0.2) is 58.0 Å². The van der Waals surface area contributed by atoms with E-state index in [9.17, 15) is 18.0 Å². The summed E-state index contributed by atoms with van der Waals surface area (Å²) >= 11 is 0. The zero-order valence-corrected chi connectivity index (χ0v) is 25.5. The number of hydrogen-bond donors (Lipinski definition) is 1. The maximum atomic E-state index is 14.1. The quantitative estimate of drug-likeness (QED) is 0.339. The minimum atomic E-state index is -4.25. The van der Waals surface area contributed by atoms with Crippen molar-refractivity contribution in [1.29, 1.82) is 0 Å². The first-order chi connectivity index (χ1) is 19.4. The summed E-state index contributed by atoms with van der Waals surface area (Å²) in [5.74, 6) is -0.237. The zero-order chi connectivity index (χ0) is 30.3. The average Bonchev–Trinajstić information content (AvgIpc) is 2.94. The number of rotatable bonds is 12. The van der Waals surface area contributed by atoms with Gasteiger partial charge in [0.1, 0.15) is 12.6 Å². The molecule has 10 heteroatoms. The highest BCUT2D eigenvalue weighted by Crippen LogP contribution is 2.32. The Bertz CT molecular complexity index is 1470. The van der Waals surface area contributed by atoms with Crippen molar-refractivity contribution in [1.82, 2.24) is 10.2 Å². The Kier molecular flexibility index (Phi) is 10.4. The Morgan fingerprint density at radius 1 is 0.878 bits per heavy atom. The highest BCUT2D eigenvalue weighted by molar-refractivity contribution is 7.92. The number of nitrogens with zero attached hydrogens (tertiary/aromatic N) is 2. The molecule has 1 atom stereocenters. The standard InChI is InChI=1S/C31H39N3O6S/c1-21(2)32-31(36)24(5)33(19-25-11-9-8-10-23(25)4)30(35)20-34(26-14-12-22(3)13-15-26)41(37,38)27-16-17-28(39-6)29(18-27)40-7/h8-18,21,24H,19-20H2,1-7H3,(H,32,36)/t24-/m0/s1. The number of carbonyl (C=O) groups is 2. The Morgan fingerprint density at radius 3 is 2.10 bits per heavy atom. The molecule has 3 rings (SSSR count). The molecule has 1 N–H and O–H groups in total. The fraction of sp³-hybridized carbons (Fsp3) is 0.355. The summed E-state index contributed by atoms with van der Waals surface area (Å²) in [6.45, 7) is 8.76. The molecule has 0 spiro atoms. The lowest BCUT2D eigenvalue weighted by Crippen LogP contribution is -2.52. The number of benzene rings is 3. The number of sulfonamides is 1. The lowest BCUT2D eigenvalue weighted by Gasteiger charge is -2.32. The Hall–Kier alpha value is -4.05. The summed E-state index contributed by atoms with van der Waals surface area (Å²) in [6, 6.07) is 17.7. The van der Waals surface area contributed by atoms with Crippen LogP contribution in [0.2, 0.25) is 0 Å². The zero-order valence-electron chi connectivity index (χ0n) is 24.7. The molecule has 0 aromatic heterocycles. The van der Waals surface area contributed by atoms with Crippen LogP contribution in [0.15, 0.2) is 71.6 Å². The van der Waals surface area contributed by atoms with Gasteiger partial charge in [0, 0.05) is 18.7 Å². The second kappa shape index (κ2) is 13.5. The summed E-state index contributed by atoms with van der Waals surface area (Å²) in [5, 5.41) is 2.86. The SMILES string of the molecule is COc1ccc(S(=O)(=O)N(CC(=O)N(Cc2ccccc2C)[C@@H](C)C(=O)NC(C)C)c2ccc(C)cc2)cc1OC. The van der Waals surface area contributed by atoms with E-state index in [1.165, 1.54) is 37.3 Å². The molecule has 2 amide bonds. The first kappa shape index (κ1) is 31.5. The van der Waals surface area contributed by atoms with Crippen molar-refractivity contribution >= 4 is 27.5 Å². The van der Waals surface area contributed by atoms with Crippen molar-refractivity contribution in [2.75, 3.05) is 25.1 Å². The number of methoxy groups -OCH3 is 2. The molecule has 0 fully saturated rings. The van der Waals surface area contributed by atoms with Crippen LogP contribution >= 0.6 is 0 Å². The van der Waals surface area contributed by atoms with E-state index in [4.69, 9.17) is 9.47 Å². The van der Waals surface area contributed by atoms with E-state index >= 15 is 0 Å². The number of amides is 2. The number of nitrogens with one attached hydrogen (secondary N) is 1. The van der Waals surface area contributed by atoms with Crippen molar-refractivity contribution in [3.8, 4) is 11.5 Å². The number of hydrogen-bond acceptors (Lipinski definition) is 6. The highest BCUT2D eigenvalue weighted by Gasteiger charge is 2.33. The predicted octanol–water partition coefficient (Wildman–Crippen LogP) is 4.46. The molecule has 0 aliphatic carbocycles. The topological polar surface area (TPSA) is 105 Å². The van der Waals surface area contributed by atoms with Crippen LogP contribution in [0.25, 0.3) is 0 Å². The Morgan fingerprint density at radius 2 is 1.51 bits per heavy atom. The fourth-order valence-corrected chi connectivity index (χ4v) is 5.73. The van der Waals surface area contributed by atoms with E-state index in [1.807, 2.05) is 52.0 Å². The first-order valence-corrected chi connectivity index (χ1v) is 14.8. The van der Waals surface area contributed by atoms with Crippen molar-refractivity contribution in [2.24, 2.45) is 0 Å². The van der Waals surface area contributed by atoms with Crippen molar-refractivity contribution in [2.45, 2.75) is 58.1 Å². The van der Waals surface area contributed by atoms with Crippen LogP contribution < -0.4 is 19.1 Å². The van der Waals surface area contributed by atoms with Gasteiger partial charge in [0.25, 0.3) is 10.0 Å². The molecule has 0 aliphatic heterocycles. The molecule has 3 aromatic rings. The van der Waals surface area contributed by atoms with Gasteiger partial charge in [-0.05, 0) is 70.0 Å². The summed E-state index contributed by atoms with van der Waals surface area (Å²) in [4.78, 5) is 28.4. The molecule has 0 radical (unpaired) electrons. The van der Waals surface area contributed by atoms with Crippen molar-refractivity contribution in [3.63, 3.8) is 0 Å². The van der Waals surface area contributed by atoms with Gasteiger partial charge in [0.05, 0.1) is 24.8 Å². The van der Waals surface area contributed by atoms with Crippen LogP contribution in [0.1, 0.15) is 37.5 Å². The molecule has 0 heterocycles. The molecule has 0 aliphatic rings. The minimum absolute atomic E-state index is 0.0698. The number of aryl methyl sites for hydroxylation is 2. The summed E-state index contributed by atoms with van der Waals surface area (Å²) in [5.41, 5.74) is 3.06. The van der Waals surface area contributed by atoms with Gasteiger partial charge in [-0.3, -0.25) is 13.9 Å². The third-order valence-corrected chi connectivity index (χ3v) is 8.51. The van der Waals surface area contributed by atoms with E-state index in [0.29, 0.717) is 11.4 Å². The molecule has 0 saturated heterocycles. The van der Waals surface area contributed by atoms with Gasteiger partial charge in [-0.1, -0.05) is 42.0 Å². The molecule has 0 bridgehead atoms. The Balaban J connectivity index is 2.08. The predicted molar refractivity (Wildman–Crippen MR) is 160 cm³/mol. The summed E-state index contributed by atoms with van der Waals surface area (Å²) in [7, 11) is -1.37. The minimum Gasteiger partial charge on any atom is -0.493 e. The summed E-state index contributed by atoms with van der Waals surface area (Å²) < 4.78 is 39.8. The van der Waals surface area contributed by atoms with Gasteiger partial charge in [-0.2, -0.15) is 0 Å². The van der Waals surface area contributed by atoms with Crippen LogP contribution in [0, 0.1) is 13.8 Å². The molecule has 41 heavy (non-hydrogen) atoms. The molecular weight excluding hydrogens is 542 g/mol. The summed E-state index contributed by atoms with van der Waals surface area (Å²) in [6.07, 6.45) is 0. The highest BCUT2D eigenvalue weighted by atomic mass is 32.2. The van der Waals surface area contributed by atoms with Gasteiger partial charge < -0.3 is 19.7 Å². The molecule has 9 nitrogen and oxygen atoms in total.